The average Bonchev–Trinajstić information content (AvgIpc) is 2.67. The van der Waals surface area contributed by atoms with Crippen LogP contribution in [0.3, 0.4) is 0 Å². The van der Waals surface area contributed by atoms with Crippen molar-refractivity contribution in [3.8, 4) is 0 Å². The maximum absolute atomic E-state index is 12.6. The highest BCUT2D eigenvalue weighted by molar-refractivity contribution is 6.30. The van der Waals surface area contributed by atoms with Gasteiger partial charge in [0.25, 0.3) is 12.2 Å². The molecule has 2 heterocycles. The van der Waals surface area contributed by atoms with E-state index < -0.39 is 29.1 Å². The molecule has 2 aromatic heterocycles. The molecule has 0 aliphatic rings. The Morgan fingerprint density at radius 3 is 2.44 bits per heavy atom. The number of pyridine rings is 1. The second-order valence-electron chi connectivity index (χ2n) is 3.54. The molecule has 2 aromatic rings. The summed E-state index contributed by atoms with van der Waals surface area (Å²) in [5.41, 5.74) is -0.644. The Labute approximate surface area is 102 Å². The predicted molar refractivity (Wildman–Crippen MR) is 52.7 cm³/mol. The van der Waals surface area contributed by atoms with Crippen molar-refractivity contribution in [2.75, 3.05) is 0 Å². The van der Waals surface area contributed by atoms with Gasteiger partial charge in [-0.05, 0) is 18.6 Å². The Kier molecular flexibility index (Phi) is 2.92. The number of fused-ring (bicyclic) bond motifs is 1. The highest BCUT2D eigenvalue weighted by Crippen LogP contribution is 2.32. The van der Waals surface area contributed by atoms with Crippen LogP contribution in [-0.2, 0) is 6.18 Å². The summed E-state index contributed by atoms with van der Waals surface area (Å²) in [7, 11) is 0. The Hall–Kier alpha value is -1.44. The lowest BCUT2D eigenvalue weighted by Gasteiger charge is -2.06. The van der Waals surface area contributed by atoms with Crippen molar-refractivity contribution in [2.45, 2.75) is 19.5 Å². The molecule has 0 fully saturated rings. The normalized spacial score (nSPS) is 12.7. The molecule has 98 valence electrons. The molecule has 0 saturated carbocycles. The minimum atomic E-state index is -4.76. The Morgan fingerprint density at radius 1 is 1.33 bits per heavy atom. The van der Waals surface area contributed by atoms with E-state index in [4.69, 9.17) is 11.6 Å². The summed E-state index contributed by atoms with van der Waals surface area (Å²) in [5, 5.41) is 2.53. The first-order valence-electron chi connectivity index (χ1n) is 4.63. The van der Waals surface area contributed by atoms with Crippen LogP contribution in [-0.4, -0.2) is 14.6 Å². The van der Waals surface area contributed by atoms with Crippen molar-refractivity contribution in [2.24, 2.45) is 0 Å². The second-order valence-corrected chi connectivity index (χ2v) is 3.90. The molecule has 0 N–H and O–H groups in total. The van der Waals surface area contributed by atoms with E-state index in [1.54, 1.807) is 0 Å². The minimum absolute atomic E-state index is 0.137. The highest BCUT2D eigenvalue weighted by atomic mass is 35.5. The molecular weight excluding hydrogens is 281 g/mol. The topological polar surface area (TPSA) is 30.2 Å². The van der Waals surface area contributed by atoms with Crippen molar-refractivity contribution in [3.63, 3.8) is 0 Å². The maximum atomic E-state index is 12.6. The van der Waals surface area contributed by atoms with Gasteiger partial charge in [-0.25, -0.2) is 18.3 Å². The number of hydrogen-bond donors (Lipinski definition) is 0. The van der Waals surface area contributed by atoms with E-state index in [1.807, 2.05) is 0 Å². The molecule has 0 unspecified atom stereocenters. The van der Waals surface area contributed by atoms with Crippen LogP contribution < -0.4 is 0 Å². The van der Waals surface area contributed by atoms with Gasteiger partial charge >= 0.3 is 6.18 Å². The van der Waals surface area contributed by atoms with Crippen LogP contribution in [0.2, 0.25) is 5.15 Å². The van der Waals surface area contributed by atoms with E-state index in [1.165, 1.54) is 6.92 Å². The monoisotopic (exact) mass is 285 g/mol. The number of rotatable bonds is 1. The van der Waals surface area contributed by atoms with Crippen molar-refractivity contribution in [1.29, 1.82) is 0 Å². The van der Waals surface area contributed by atoms with Gasteiger partial charge in [0.2, 0.25) is 0 Å². The van der Waals surface area contributed by atoms with Gasteiger partial charge in [-0.3, -0.25) is 0 Å². The van der Waals surface area contributed by atoms with Crippen molar-refractivity contribution >= 4 is 17.2 Å². The molecule has 18 heavy (non-hydrogen) atoms. The summed E-state index contributed by atoms with van der Waals surface area (Å²) in [6, 6.07) is 0.997. The quantitative estimate of drug-likeness (QED) is 0.591. The third kappa shape index (κ3) is 2.00. The van der Waals surface area contributed by atoms with Crippen LogP contribution in [0, 0.1) is 6.92 Å². The molecule has 9 heteroatoms. The largest absolute Gasteiger partial charge is 0.453 e. The van der Waals surface area contributed by atoms with Gasteiger partial charge in [0.15, 0.2) is 5.65 Å². The van der Waals surface area contributed by atoms with Gasteiger partial charge in [0.1, 0.15) is 5.15 Å². The fourth-order valence-corrected chi connectivity index (χ4v) is 1.71. The summed E-state index contributed by atoms with van der Waals surface area (Å²) < 4.78 is 63.0. The van der Waals surface area contributed by atoms with E-state index in [0.717, 1.165) is 6.07 Å². The van der Waals surface area contributed by atoms with Crippen molar-refractivity contribution in [1.82, 2.24) is 14.6 Å². The van der Waals surface area contributed by atoms with Crippen molar-refractivity contribution in [3.05, 3.63) is 28.2 Å². The molecule has 3 nitrogen and oxygen atoms in total. The second kappa shape index (κ2) is 4.04. The first-order valence-corrected chi connectivity index (χ1v) is 5.00. The van der Waals surface area contributed by atoms with E-state index in [2.05, 4.69) is 10.1 Å². The molecule has 0 aromatic carbocycles. The van der Waals surface area contributed by atoms with Crippen LogP contribution in [0.15, 0.2) is 6.07 Å². The van der Waals surface area contributed by atoms with Crippen LogP contribution in [0.25, 0.3) is 5.65 Å². The van der Waals surface area contributed by atoms with Gasteiger partial charge in [-0.1, -0.05) is 11.6 Å². The highest BCUT2D eigenvalue weighted by Gasteiger charge is 2.37. The minimum Gasteiger partial charge on any atom is -0.205 e. The number of aromatic nitrogens is 3. The Balaban J connectivity index is 2.77. The SMILES string of the molecule is Cc1cc(C(F)F)c(Cl)n2nc(C(F)(F)F)nc12. The molecule has 0 aliphatic heterocycles. The lowest BCUT2D eigenvalue weighted by Crippen LogP contribution is -2.07. The average molecular weight is 286 g/mol. The molecular formula is C9H5ClF5N3. The fraction of sp³-hybridized carbons (Fsp3) is 0.333. The van der Waals surface area contributed by atoms with Crippen LogP contribution in [0.1, 0.15) is 23.4 Å². The van der Waals surface area contributed by atoms with E-state index in [9.17, 15) is 22.0 Å². The van der Waals surface area contributed by atoms with Crippen LogP contribution in [0.5, 0.6) is 0 Å². The predicted octanol–water partition coefficient (Wildman–Crippen LogP) is 3.65. The molecule has 0 saturated heterocycles. The lowest BCUT2D eigenvalue weighted by molar-refractivity contribution is -0.144. The lowest BCUT2D eigenvalue weighted by atomic mass is 10.2. The molecule has 0 atom stereocenters. The number of hydrogen-bond acceptors (Lipinski definition) is 2. The first-order chi connectivity index (χ1) is 8.21. The van der Waals surface area contributed by atoms with E-state index >= 15 is 0 Å². The van der Waals surface area contributed by atoms with Crippen LogP contribution >= 0.6 is 11.6 Å². The van der Waals surface area contributed by atoms with Gasteiger partial charge in [-0.15, -0.1) is 5.10 Å². The zero-order valence-corrected chi connectivity index (χ0v) is 9.52. The number of nitrogens with zero attached hydrogens (tertiary/aromatic N) is 3. The summed E-state index contributed by atoms with van der Waals surface area (Å²) in [5.74, 6) is -1.42. The number of halogens is 6. The standard InChI is InChI=1S/C9H5ClF5N3/c1-3-2-4(6(11)12)5(10)18-7(3)16-8(17-18)9(13,14)15/h2,6H,1H3. The number of aryl methyl sites for hydroxylation is 1. The Morgan fingerprint density at radius 2 is 1.94 bits per heavy atom. The van der Waals surface area contributed by atoms with Gasteiger partial charge in [0, 0.05) is 0 Å². The third-order valence-electron chi connectivity index (χ3n) is 2.24. The van der Waals surface area contributed by atoms with Crippen molar-refractivity contribution < 1.29 is 22.0 Å². The molecule has 2 rings (SSSR count). The maximum Gasteiger partial charge on any atom is 0.453 e. The zero-order chi connectivity index (χ0) is 13.7. The third-order valence-corrected chi connectivity index (χ3v) is 2.62. The summed E-state index contributed by atoms with van der Waals surface area (Å²) in [4.78, 5) is 3.24. The van der Waals surface area contributed by atoms with E-state index in [-0.39, 0.29) is 11.2 Å². The molecule has 0 bridgehead atoms. The zero-order valence-electron chi connectivity index (χ0n) is 8.76. The molecule has 0 aliphatic carbocycles. The summed E-state index contributed by atoms with van der Waals surface area (Å²) in [6.45, 7) is 1.35. The van der Waals surface area contributed by atoms with E-state index in [0.29, 0.717) is 4.52 Å². The van der Waals surface area contributed by atoms with Gasteiger partial charge < -0.3 is 0 Å². The summed E-state index contributed by atoms with van der Waals surface area (Å²) >= 11 is 5.59. The fourth-order valence-electron chi connectivity index (χ4n) is 1.46. The van der Waals surface area contributed by atoms with Crippen LogP contribution in [0.4, 0.5) is 22.0 Å². The van der Waals surface area contributed by atoms with Gasteiger partial charge in [-0.2, -0.15) is 13.2 Å². The molecule has 0 amide bonds. The number of alkyl halides is 5. The first kappa shape index (κ1) is 13.0. The summed E-state index contributed by atoms with van der Waals surface area (Å²) in [6.07, 6.45) is -7.66. The Bertz CT molecular complexity index is 604. The molecule has 0 spiro atoms. The van der Waals surface area contributed by atoms with Gasteiger partial charge in [0.05, 0.1) is 5.56 Å². The molecule has 0 radical (unpaired) electrons. The smallest absolute Gasteiger partial charge is 0.205 e.